The van der Waals surface area contributed by atoms with Crippen molar-refractivity contribution in [2.24, 2.45) is 16.8 Å². The van der Waals surface area contributed by atoms with E-state index in [9.17, 15) is 4.79 Å². The van der Waals surface area contributed by atoms with Gasteiger partial charge in [-0.15, -0.1) is 0 Å². The van der Waals surface area contributed by atoms with Crippen molar-refractivity contribution in [2.75, 3.05) is 5.01 Å². The molecule has 23 heavy (non-hydrogen) atoms. The molecule has 0 saturated carbocycles. The average molecular weight is 344 g/mol. The molecule has 1 aliphatic heterocycles. The molecular formula is C17H14ClN3OS. The predicted octanol–water partition coefficient (Wildman–Crippen LogP) is 3.88. The largest absolute Gasteiger partial charge is 0.385 e. The van der Waals surface area contributed by atoms with Gasteiger partial charge in [0.05, 0.1) is 5.69 Å². The lowest BCUT2D eigenvalue weighted by atomic mass is 10.1. The van der Waals surface area contributed by atoms with Crippen LogP contribution in [-0.4, -0.2) is 11.0 Å². The Kier molecular flexibility index (Phi) is 4.69. The minimum absolute atomic E-state index is 0.0717. The zero-order valence-corrected chi connectivity index (χ0v) is 13.7. The van der Waals surface area contributed by atoms with E-state index in [4.69, 9.17) is 17.3 Å². The molecule has 0 aromatic heterocycles. The number of hydrazone groups is 1. The minimum atomic E-state index is -0.532. The molecule has 2 N–H and O–H groups in total. The van der Waals surface area contributed by atoms with Gasteiger partial charge in [-0.1, -0.05) is 41.6 Å². The van der Waals surface area contributed by atoms with E-state index in [0.717, 1.165) is 22.3 Å². The highest BCUT2D eigenvalue weighted by molar-refractivity contribution is 8.13. The van der Waals surface area contributed by atoms with Crippen molar-refractivity contribution in [3.8, 4) is 0 Å². The molecule has 1 atom stereocenters. The molecule has 0 amide bonds. The number of nitrogens with two attached hydrogens (primary N) is 1. The second-order valence-corrected chi connectivity index (χ2v) is 6.41. The monoisotopic (exact) mass is 343 g/mol. The van der Waals surface area contributed by atoms with Gasteiger partial charge in [-0.3, -0.25) is 4.79 Å². The summed E-state index contributed by atoms with van der Waals surface area (Å²) in [5, 5.41) is 6.52. The maximum absolute atomic E-state index is 12.4. The third kappa shape index (κ3) is 3.75. The third-order valence-electron chi connectivity index (χ3n) is 3.27. The van der Waals surface area contributed by atoms with Crippen molar-refractivity contribution >= 4 is 40.0 Å². The van der Waals surface area contributed by atoms with Crippen molar-refractivity contribution in [1.82, 2.24) is 0 Å². The van der Waals surface area contributed by atoms with Crippen LogP contribution < -0.4 is 10.7 Å². The number of anilines is 1. The van der Waals surface area contributed by atoms with Crippen LogP contribution in [0.1, 0.15) is 0 Å². The summed E-state index contributed by atoms with van der Waals surface area (Å²) in [6.45, 7) is 0. The SMILES string of the molecule is NC1=NN(c2ccccc2)C=CC1C(=O)Sc1ccc(Cl)cc1. The van der Waals surface area contributed by atoms with E-state index in [1.807, 2.05) is 30.3 Å². The topological polar surface area (TPSA) is 58.7 Å². The third-order valence-corrected chi connectivity index (χ3v) is 4.48. The fourth-order valence-corrected chi connectivity index (χ4v) is 3.05. The van der Waals surface area contributed by atoms with Gasteiger partial charge < -0.3 is 5.73 Å². The van der Waals surface area contributed by atoms with Gasteiger partial charge in [-0.25, -0.2) is 5.01 Å². The van der Waals surface area contributed by atoms with Crippen LogP contribution in [0, 0.1) is 5.92 Å². The number of rotatable bonds is 3. The van der Waals surface area contributed by atoms with Crippen LogP contribution in [0.15, 0.2) is 76.9 Å². The van der Waals surface area contributed by atoms with E-state index in [1.165, 1.54) is 0 Å². The number of nitrogens with zero attached hydrogens (tertiary/aromatic N) is 2. The Bertz CT molecular complexity index is 759. The number of carbonyl (C=O) groups is 1. The summed E-state index contributed by atoms with van der Waals surface area (Å²) in [6.07, 6.45) is 3.53. The molecule has 0 bridgehead atoms. The zero-order chi connectivity index (χ0) is 16.2. The second-order valence-electron chi connectivity index (χ2n) is 4.90. The molecule has 0 spiro atoms. The molecule has 3 rings (SSSR count). The fourth-order valence-electron chi connectivity index (χ4n) is 2.09. The summed E-state index contributed by atoms with van der Waals surface area (Å²) in [5.74, 6) is -0.251. The molecule has 0 fully saturated rings. The van der Waals surface area contributed by atoms with Gasteiger partial charge in [0.1, 0.15) is 11.8 Å². The molecule has 0 saturated heterocycles. The number of thioether (sulfide) groups is 1. The van der Waals surface area contributed by atoms with Crippen LogP contribution in [0.2, 0.25) is 5.02 Å². The summed E-state index contributed by atoms with van der Waals surface area (Å²) < 4.78 is 0. The molecule has 1 aliphatic rings. The summed E-state index contributed by atoms with van der Waals surface area (Å²) in [4.78, 5) is 13.2. The smallest absolute Gasteiger partial charge is 0.208 e. The number of benzene rings is 2. The molecule has 0 radical (unpaired) electrons. The van der Waals surface area contributed by atoms with Gasteiger partial charge in [0, 0.05) is 16.1 Å². The normalized spacial score (nSPS) is 17.0. The molecule has 2 aromatic carbocycles. The second kappa shape index (κ2) is 6.89. The number of hydrogen-bond acceptors (Lipinski definition) is 5. The fraction of sp³-hybridized carbons (Fsp3) is 0.0588. The Balaban J connectivity index is 1.71. The van der Waals surface area contributed by atoms with E-state index >= 15 is 0 Å². The number of carbonyl (C=O) groups excluding carboxylic acids is 1. The molecule has 2 aromatic rings. The first-order valence-corrected chi connectivity index (χ1v) is 8.17. The van der Waals surface area contributed by atoms with Crippen molar-refractivity contribution in [1.29, 1.82) is 0 Å². The lowest BCUT2D eigenvalue weighted by molar-refractivity contribution is -0.111. The van der Waals surface area contributed by atoms with Gasteiger partial charge in [-0.05, 0) is 42.5 Å². The Hall–Kier alpha value is -2.24. The van der Waals surface area contributed by atoms with Crippen molar-refractivity contribution in [3.63, 3.8) is 0 Å². The highest BCUT2D eigenvalue weighted by Gasteiger charge is 2.25. The average Bonchev–Trinajstić information content (AvgIpc) is 2.57. The highest BCUT2D eigenvalue weighted by Crippen LogP contribution is 2.27. The van der Waals surface area contributed by atoms with E-state index in [1.54, 1.807) is 41.6 Å². The first kappa shape index (κ1) is 15.6. The Morgan fingerprint density at radius 3 is 2.48 bits per heavy atom. The Morgan fingerprint density at radius 2 is 1.83 bits per heavy atom. The van der Waals surface area contributed by atoms with Crippen LogP contribution in [0.5, 0.6) is 0 Å². The Morgan fingerprint density at radius 1 is 1.13 bits per heavy atom. The van der Waals surface area contributed by atoms with Gasteiger partial charge in [0.15, 0.2) is 0 Å². The number of amidine groups is 1. The zero-order valence-electron chi connectivity index (χ0n) is 12.1. The maximum atomic E-state index is 12.4. The van der Waals surface area contributed by atoms with Crippen molar-refractivity contribution < 1.29 is 4.79 Å². The van der Waals surface area contributed by atoms with Gasteiger partial charge in [0.25, 0.3) is 0 Å². The number of hydrogen-bond donors (Lipinski definition) is 1. The predicted molar refractivity (Wildman–Crippen MR) is 95.5 cm³/mol. The number of para-hydroxylation sites is 1. The lowest BCUT2D eigenvalue weighted by Crippen LogP contribution is -2.33. The first-order chi connectivity index (χ1) is 11.1. The minimum Gasteiger partial charge on any atom is -0.385 e. The van der Waals surface area contributed by atoms with E-state index < -0.39 is 5.92 Å². The summed E-state index contributed by atoms with van der Waals surface area (Å²) in [6, 6.07) is 16.7. The van der Waals surface area contributed by atoms with Crippen LogP contribution >= 0.6 is 23.4 Å². The molecule has 1 heterocycles. The Labute approximate surface area is 143 Å². The standard InChI is InChI=1S/C17H14ClN3OS/c18-12-6-8-14(9-7-12)23-17(22)15-10-11-21(20-16(15)19)13-4-2-1-3-5-13/h1-11,15H,(H2,19,20). The van der Waals surface area contributed by atoms with Gasteiger partial charge >= 0.3 is 0 Å². The van der Waals surface area contributed by atoms with Crippen molar-refractivity contribution in [2.45, 2.75) is 4.90 Å². The van der Waals surface area contributed by atoms with Crippen LogP contribution in [-0.2, 0) is 4.79 Å². The molecule has 0 aliphatic carbocycles. The first-order valence-electron chi connectivity index (χ1n) is 6.97. The van der Waals surface area contributed by atoms with Crippen LogP contribution in [0.3, 0.4) is 0 Å². The molecule has 4 nitrogen and oxygen atoms in total. The van der Waals surface area contributed by atoms with E-state index in [2.05, 4.69) is 5.10 Å². The van der Waals surface area contributed by atoms with Crippen LogP contribution in [0.25, 0.3) is 0 Å². The van der Waals surface area contributed by atoms with Crippen molar-refractivity contribution in [3.05, 3.63) is 71.9 Å². The highest BCUT2D eigenvalue weighted by atomic mass is 35.5. The summed E-state index contributed by atoms with van der Waals surface area (Å²) in [5.41, 5.74) is 6.88. The van der Waals surface area contributed by atoms with Gasteiger partial charge in [0.2, 0.25) is 5.12 Å². The summed E-state index contributed by atoms with van der Waals surface area (Å²) >= 11 is 6.98. The van der Waals surface area contributed by atoms with E-state index in [0.29, 0.717) is 5.02 Å². The maximum Gasteiger partial charge on any atom is 0.208 e. The summed E-state index contributed by atoms with van der Waals surface area (Å²) in [7, 11) is 0. The van der Waals surface area contributed by atoms with Gasteiger partial charge in [-0.2, -0.15) is 5.10 Å². The quantitative estimate of drug-likeness (QED) is 0.859. The lowest BCUT2D eigenvalue weighted by Gasteiger charge is -2.22. The van der Waals surface area contributed by atoms with Crippen LogP contribution in [0.4, 0.5) is 5.69 Å². The molecular weight excluding hydrogens is 330 g/mol. The van der Waals surface area contributed by atoms with E-state index in [-0.39, 0.29) is 11.0 Å². The molecule has 116 valence electrons. The molecule has 1 unspecified atom stereocenters. The molecule has 6 heteroatoms. The number of halogens is 1.